The second-order valence-electron chi connectivity index (χ2n) is 24.2. The standard InChI is InChI=1S/C63H94N8O19/c1-9-47(73)42(6)56-48(88-56)37-62(7,83)24-10-12-40(4)55-41(5)14-19-49(63(8,84)25-22-45(72)36-53(77)90-55)89-61(82)70-29-27-69(28-30-70)60(81)87-38-43-15-17-44(18-16-43)66-57(78)46(13-11-26-65-59(64)80)67-58(79)54(39(2)3)68-50(74)23-32-85-34-35-86-33-31-71-51(75)20-21-52(71)76/h10,12,14-21,24,39,41-42,45-49,54-56,72-73,83-84H,9,11,13,22-23,25-38H2,1-8H3,(H,66,78)(H,67,79)(H,68,74)(H3,64,65,80)/b19-14-,24-10+,40-12+/t41-,42+,45+,46-,47-,48+,49-,54-,55+,56+,62-,63+/m0/s1. The number of nitrogens with one attached hydrogen (secondary N) is 4. The number of piperazine rings is 1. The van der Waals surface area contributed by atoms with Gasteiger partial charge in [0.1, 0.15) is 30.4 Å². The minimum Gasteiger partial charge on any atom is -0.457 e. The SMILES string of the molecule is CC[C@H](O)[C@@H](C)[C@H]1O[C@@H]1C[C@@](C)(O)/C=C/C=C(\C)[C@H]1OC(=O)C[C@H](O)CC[C@@](C)(O)[C@@H](OC(=O)N2CCN(C(=O)OCc3ccc(NC(=O)[C@H](CCCNC(N)=O)NC(=O)[C@@H](NC(=O)CCOCCOCCN4C(=O)C=CC4=O)C(C)C)cc3)CC2)/C=C\[C@@H]1C. The van der Waals surface area contributed by atoms with E-state index in [0.717, 1.165) is 4.90 Å². The number of amides is 9. The summed E-state index contributed by atoms with van der Waals surface area (Å²) in [6, 6.07) is 3.54. The lowest BCUT2D eigenvalue weighted by Crippen LogP contribution is -2.54. The Balaban J connectivity index is 1.09. The second kappa shape index (κ2) is 35.4. The lowest BCUT2D eigenvalue weighted by Gasteiger charge is -2.37. The molecule has 4 aliphatic heterocycles. The topological polar surface area (TPSA) is 377 Å². The molecule has 500 valence electrons. The first-order valence-electron chi connectivity index (χ1n) is 30.9. The summed E-state index contributed by atoms with van der Waals surface area (Å²) in [5.41, 5.74) is 3.85. The average molecular weight is 1270 g/mol. The number of hydrogen-bond acceptors (Lipinski definition) is 19. The van der Waals surface area contributed by atoms with Gasteiger partial charge in [0.25, 0.3) is 11.8 Å². The largest absolute Gasteiger partial charge is 0.457 e. The molecule has 4 heterocycles. The van der Waals surface area contributed by atoms with E-state index in [2.05, 4.69) is 21.3 Å². The Morgan fingerprint density at radius 1 is 0.911 bits per heavy atom. The fourth-order valence-corrected chi connectivity index (χ4v) is 10.3. The van der Waals surface area contributed by atoms with Gasteiger partial charge in [-0.05, 0) is 88.1 Å². The molecule has 0 aromatic heterocycles. The number of nitrogens with two attached hydrogens (primary N) is 1. The molecule has 2 saturated heterocycles. The van der Waals surface area contributed by atoms with Crippen molar-refractivity contribution in [3.8, 4) is 0 Å². The highest BCUT2D eigenvalue weighted by atomic mass is 16.6. The zero-order valence-electron chi connectivity index (χ0n) is 53.0. The summed E-state index contributed by atoms with van der Waals surface area (Å²) in [7, 11) is 0. The Bertz CT molecular complexity index is 2710. The van der Waals surface area contributed by atoms with E-state index in [9.17, 15) is 63.6 Å². The summed E-state index contributed by atoms with van der Waals surface area (Å²) < 4.78 is 34.1. The smallest absolute Gasteiger partial charge is 0.410 e. The highest BCUT2D eigenvalue weighted by Gasteiger charge is 2.47. The molecular weight excluding hydrogens is 1170 g/mol. The molecule has 90 heavy (non-hydrogen) atoms. The normalized spacial score (nSPS) is 24.8. The van der Waals surface area contributed by atoms with Crippen LogP contribution in [0.4, 0.5) is 20.1 Å². The van der Waals surface area contributed by atoms with Gasteiger partial charge >= 0.3 is 24.2 Å². The molecule has 0 spiro atoms. The summed E-state index contributed by atoms with van der Waals surface area (Å²) in [5.74, 6) is -4.12. The maximum atomic E-state index is 13.7. The number of ether oxygens (including phenoxy) is 6. The fraction of sp³-hybridized carbons (Fsp3) is 0.635. The fourth-order valence-electron chi connectivity index (χ4n) is 10.3. The number of epoxide rings is 1. The number of rotatable bonds is 30. The van der Waals surface area contributed by atoms with Crippen molar-refractivity contribution >= 4 is 59.4 Å². The number of carbonyl (C=O) groups excluding carboxylic acids is 9. The Morgan fingerprint density at radius 3 is 2.19 bits per heavy atom. The van der Waals surface area contributed by atoms with Crippen molar-refractivity contribution in [2.24, 2.45) is 23.5 Å². The molecule has 4 aliphatic rings. The van der Waals surface area contributed by atoms with Crippen LogP contribution in [0.25, 0.3) is 0 Å². The molecule has 27 nitrogen and oxygen atoms in total. The predicted molar refractivity (Wildman–Crippen MR) is 327 cm³/mol. The number of aliphatic hydroxyl groups excluding tert-OH is 2. The number of hydrogen-bond donors (Lipinski definition) is 9. The van der Waals surface area contributed by atoms with Crippen molar-refractivity contribution in [3.05, 3.63) is 77.9 Å². The molecule has 2 fully saturated rings. The van der Waals surface area contributed by atoms with Crippen molar-refractivity contribution in [1.82, 2.24) is 30.7 Å². The van der Waals surface area contributed by atoms with Crippen LogP contribution in [0.5, 0.6) is 0 Å². The molecular formula is C63H94N8O19. The van der Waals surface area contributed by atoms with E-state index in [1.165, 1.54) is 28.9 Å². The third-order valence-corrected chi connectivity index (χ3v) is 16.0. The summed E-state index contributed by atoms with van der Waals surface area (Å²) in [6.45, 7) is 14.8. The highest BCUT2D eigenvalue weighted by Crippen LogP contribution is 2.38. The number of aliphatic hydroxyl groups is 4. The van der Waals surface area contributed by atoms with E-state index < -0.39 is 113 Å². The van der Waals surface area contributed by atoms with Gasteiger partial charge in [-0.15, -0.1) is 0 Å². The van der Waals surface area contributed by atoms with Crippen molar-refractivity contribution in [2.45, 2.75) is 173 Å². The maximum absolute atomic E-state index is 13.7. The second-order valence-corrected chi connectivity index (χ2v) is 24.2. The first-order chi connectivity index (χ1) is 42.6. The molecule has 1 aromatic rings. The number of urea groups is 1. The van der Waals surface area contributed by atoms with Crippen LogP contribution in [0.2, 0.25) is 0 Å². The lowest BCUT2D eigenvalue weighted by molar-refractivity contribution is -0.151. The summed E-state index contributed by atoms with van der Waals surface area (Å²) in [6.07, 6.45) is 5.95. The molecule has 1 aromatic carbocycles. The predicted octanol–water partition coefficient (Wildman–Crippen LogP) is 3.02. The van der Waals surface area contributed by atoms with Crippen LogP contribution in [-0.2, 0) is 63.8 Å². The zero-order valence-corrected chi connectivity index (χ0v) is 53.0. The van der Waals surface area contributed by atoms with Gasteiger partial charge < -0.3 is 85.6 Å². The van der Waals surface area contributed by atoms with Gasteiger partial charge in [0.2, 0.25) is 17.7 Å². The third-order valence-electron chi connectivity index (χ3n) is 16.0. The van der Waals surface area contributed by atoms with Gasteiger partial charge in [-0.2, -0.15) is 0 Å². The molecule has 0 aliphatic carbocycles. The average Bonchev–Trinajstić information content (AvgIpc) is 2.01. The van der Waals surface area contributed by atoms with Gasteiger partial charge in [0.15, 0.2) is 6.10 Å². The van der Waals surface area contributed by atoms with Crippen molar-refractivity contribution in [2.75, 3.05) is 71.0 Å². The quantitative estimate of drug-likeness (QED) is 0.0102. The molecule has 0 radical (unpaired) electrons. The molecule has 27 heteroatoms. The van der Waals surface area contributed by atoms with Gasteiger partial charge in [0, 0.05) is 75.2 Å². The molecule has 12 atom stereocenters. The van der Waals surface area contributed by atoms with Gasteiger partial charge in [-0.3, -0.25) is 33.7 Å². The van der Waals surface area contributed by atoms with Gasteiger partial charge in [0.05, 0.1) is 69.4 Å². The summed E-state index contributed by atoms with van der Waals surface area (Å²) in [5, 5.41) is 54.6. The van der Waals surface area contributed by atoms with E-state index in [1.807, 2.05) is 13.8 Å². The molecule has 0 unspecified atom stereocenters. The highest BCUT2D eigenvalue weighted by molar-refractivity contribution is 6.12. The lowest BCUT2D eigenvalue weighted by atomic mass is 9.88. The van der Waals surface area contributed by atoms with Crippen LogP contribution >= 0.6 is 0 Å². The minimum atomic E-state index is -1.68. The van der Waals surface area contributed by atoms with E-state index in [0.29, 0.717) is 29.7 Å². The Hall–Kier alpha value is -7.27. The number of esters is 1. The minimum absolute atomic E-state index is 0.0104. The van der Waals surface area contributed by atoms with Crippen LogP contribution in [0.15, 0.2) is 72.4 Å². The number of primary amides is 1. The van der Waals surface area contributed by atoms with Gasteiger partial charge in [-0.1, -0.05) is 71.1 Å². The number of nitrogens with zero attached hydrogens (tertiary/aromatic N) is 3. The zero-order chi connectivity index (χ0) is 66.3. The third kappa shape index (κ3) is 24.2. The molecule has 10 N–H and O–H groups in total. The van der Waals surface area contributed by atoms with Crippen molar-refractivity contribution in [1.29, 1.82) is 0 Å². The van der Waals surface area contributed by atoms with Crippen molar-refractivity contribution in [3.63, 3.8) is 0 Å². The number of cyclic esters (lactones) is 1. The molecule has 5 rings (SSSR count). The number of benzene rings is 1. The number of imide groups is 1. The number of anilines is 1. The van der Waals surface area contributed by atoms with Crippen LogP contribution in [0.1, 0.15) is 112 Å². The number of carbonyl (C=O) groups is 9. The first-order valence-corrected chi connectivity index (χ1v) is 30.9. The summed E-state index contributed by atoms with van der Waals surface area (Å²) >= 11 is 0. The summed E-state index contributed by atoms with van der Waals surface area (Å²) in [4.78, 5) is 119. The maximum Gasteiger partial charge on any atom is 0.410 e. The van der Waals surface area contributed by atoms with E-state index in [-0.39, 0.29) is 129 Å². The Kier molecular flexibility index (Phi) is 28.9. The monoisotopic (exact) mass is 1270 g/mol. The van der Waals surface area contributed by atoms with Crippen LogP contribution in [-0.4, -0.2) is 214 Å². The van der Waals surface area contributed by atoms with Gasteiger partial charge in [-0.25, -0.2) is 14.4 Å². The molecule has 0 bridgehead atoms. The van der Waals surface area contributed by atoms with E-state index >= 15 is 0 Å². The Labute approximate surface area is 526 Å². The van der Waals surface area contributed by atoms with Crippen molar-refractivity contribution < 1.29 is 92.0 Å². The first kappa shape index (κ1) is 73.5. The molecule has 0 saturated carbocycles. The van der Waals surface area contributed by atoms with Crippen LogP contribution in [0, 0.1) is 17.8 Å². The Morgan fingerprint density at radius 2 is 1.56 bits per heavy atom. The van der Waals surface area contributed by atoms with E-state index in [4.69, 9.17) is 34.2 Å². The van der Waals surface area contributed by atoms with Crippen LogP contribution in [0.3, 0.4) is 0 Å². The van der Waals surface area contributed by atoms with Crippen LogP contribution < -0.4 is 27.0 Å². The molecule has 9 amide bonds. The van der Waals surface area contributed by atoms with E-state index in [1.54, 1.807) is 89.3 Å². The number of allylic oxidation sites excluding steroid dienone is 2.